The molecule has 0 radical (unpaired) electrons. The Morgan fingerprint density at radius 2 is 1.91 bits per heavy atom. The van der Waals surface area contributed by atoms with E-state index >= 15 is 0 Å². The van der Waals surface area contributed by atoms with Crippen molar-refractivity contribution in [2.45, 2.75) is 84.3 Å². The van der Waals surface area contributed by atoms with Gasteiger partial charge < -0.3 is 14.6 Å². The van der Waals surface area contributed by atoms with E-state index in [4.69, 9.17) is 9.47 Å². The second kappa shape index (κ2) is 9.61. The van der Waals surface area contributed by atoms with E-state index in [2.05, 4.69) is 44.2 Å². The van der Waals surface area contributed by atoms with Gasteiger partial charge in [0.05, 0.1) is 0 Å². The third-order valence-electron chi connectivity index (χ3n) is 9.49. The van der Waals surface area contributed by atoms with Gasteiger partial charge in [0, 0.05) is 24.4 Å². The lowest BCUT2D eigenvalue weighted by atomic mass is 9.55. The van der Waals surface area contributed by atoms with E-state index in [-0.39, 0.29) is 29.5 Å². The Morgan fingerprint density at radius 1 is 1.11 bits per heavy atom. The number of rotatable bonds is 7. The fraction of sp³-hybridized carbons (Fsp3) is 0.581. The SMILES string of the molecule is CC(=O)OC1C2(C)CCC3c4ccc(OCc5ccccc5)cc4CCC3C2C[C@]1(C)CCCO. The number of hydrogen-bond acceptors (Lipinski definition) is 4. The molecule has 6 atom stereocenters. The number of carbonyl (C=O) groups excluding carboxylic acids is 1. The highest BCUT2D eigenvalue weighted by Gasteiger charge is 2.63. The fourth-order valence-corrected chi connectivity index (χ4v) is 8.01. The van der Waals surface area contributed by atoms with Gasteiger partial charge in [-0.3, -0.25) is 4.79 Å². The van der Waals surface area contributed by atoms with Gasteiger partial charge in [-0.25, -0.2) is 0 Å². The van der Waals surface area contributed by atoms with Gasteiger partial charge in [0.1, 0.15) is 18.5 Å². The third-order valence-corrected chi connectivity index (χ3v) is 9.49. The Kier molecular flexibility index (Phi) is 6.69. The molecule has 0 aromatic heterocycles. The van der Waals surface area contributed by atoms with Crippen LogP contribution in [0.4, 0.5) is 0 Å². The predicted molar refractivity (Wildman–Crippen MR) is 137 cm³/mol. The summed E-state index contributed by atoms with van der Waals surface area (Å²) in [5, 5.41) is 9.54. The summed E-state index contributed by atoms with van der Waals surface area (Å²) in [6.07, 6.45) is 7.17. The van der Waals surface area contributed by atoms with Crippen molar-refractivity contribution in [1.82, 2.24) is 0 Å². The molecule has 3 aliphatic rings. The Hall–Kier alpha value is -2.33. The molecular formula is C31H40O4. The van der Waals surface area contributed by atoms with Gasteiger partial charge in [0.15, 0.2) is 0 Å². The average Bonchev–Trinajstić information content (AvgIpc) is 3.08. The first-order chi connectivity index (χ1) is 16.8. The topological polar surface area (TPSA) is 55.8 Å². The first-order valence-corrected chi connectivity index (χ1v) is 13.4. The number of esters is 1. The van der Waals surface area contributed by atoms with Gasteiger partial charge in [-0.2, -0.15) is 0 Å². The molecule has 2 aromatic rings. The monoisotopic (exact) mass is 476 g/mol. The van der Waals surface area contributed by atoms with Crippen molar-refractivity contribution < 1.29 is 19.4 Å². The molecule has 2 saturated carbocycles. The lowest BCUT2D eigenvalue weighted by molar-refractivity contribution is -0.163. The maximum atomic E-state index is 12.1. The summed E-state index contributed by atoms with van der Waals surface area (Å²) in [5.41, 5.74) is 4.07. The summed E-state index contributed by atoms with van der Waals surface area (Å²) in [6.45, 7) is 7.00. The van der Waals surface area contributed by atoms with Crippen molar-refractivity contribution in [2.75, 3.05) is 6.61 Å². The number of aryl methyl sites for hydroxylation is 1. The summed E-state index contributed by atoms with van der Waals surface area (Å²) >= 11 is 0. The number of benzene rings is 2. The zero-order valence-electron chi connectivity index (χ0n) is 21.5. The molecule has 5 rings (SSSR count). The lowest BCUT2D eigenvalue weighted by Crippen LogP contribution is -2.47. The van der Waals surface area contributed by atoms with Crippen molar-refractivity contribution in [3.05, 3.63) is 65.2 Å². The van der Waals surface area contributed by atoms with Crippen LogP contribution in [0.25, 0.3) is 0 Å². The molecule has 0 spiro atoms. The normalized spacial score (nSPS) is 33.4. The summed E-state index contributed by atoms with van der Waals surface area (Å²) in [4.78, 5) is 12.1. The van der Waals surface area contributed by atoms with Gasteiger partial charge in [-0.15, -0.1) is 0 Å². The summed E-state index contributed by atoms with van der Waals surface area (Å²) in [7, 11) is 0. The van der Waals surface area contributed by atoms with E-state index in [1.807, 2.05) is 18.2 Å². The fourth-order valence-electron chi connectivity index (χ4n) is 8.01. The van der Waals surface area contributed by atoms with Crippen molar-refractivity contribution in [3.8, 4) is 5.75 Å². The first-order valence-electron chi connectivity index (χ1n) is 13.4. The zero-order chi connectivity index (χ0) is 24.6. The lowest BCUT2D eigenvalue weighted by Gasteiger charge is -2.50. The maximum absolute atomic E-state index is 12.1. The van der Waals surface area contributed by atoms with Crippen molar-refractivity contribution in [3.63, 3.8) is 0 Å². The number of fused-ring (bicyclic) bond motifs is 5. The number of aliphatic hydroxyl groups is 1. The molecule has 0 bridgehead atoms. The molecular weight excluding hydrogens is 436 g/mol. The van der Waals surface area contributed by atoms with Gasteiger partial charge in [-0.05, 0) is 91.5 Å². The van der Waals surface area contributed by atoms with Crippen LogP contribution in [0.5, 0.6) is 5.75 Å². The highest BCUT2D eigenvalue weighted by Crippen LogP contribution is 2.67. The molecule has 0 amide bonds. The van der Waals surface area contributed by atoms with Crippen LogP contribution in [0, 0.1) is 22.7 Å². The van der Waals surface area contributed by atoms with E-state index in [0.717, 1.165) is 44.3 Å². The molecule has 0 aliphatic heterocycles. The smallest absolute Gasteiger partial charge is 0.302 e. The zero-order valence-corrected chi connectivity index (χ0v) is 21.5. The molecule has 0 saturated heterocycles. The third kappa shape index (κ3) is 4.50. The molecule has 5 unspecified atom stereocenters. The summed E-state index contributed by atoms with van der Waals surface area (Å²) in [5.74, 6) is 2.51. The molecule has 188 valence electrons. The molecule has 2 fully saturated rings. The van der Waals surface area contributed by atoms with E-state index < -0.39 is 0 Å². The molecule has 4 heteroatoms. The van der Waals surface area contributed by atoms with Gasteiger partial charge in [-0.1, -0.05) is 50.2 Å². The van der Waals surface area contributed by atoms with Crippen LogP contribution >= 0.6 is 0 Å². The maximum Gasteiger partial charge on any atom is 0.302 e. The summed E-state index contributed by atoms with van der Waals surface area (Å²) < 4.78 is 12.2. The van der Waals surface area contributed by atoms with Crippen LogP contribution in [-0.2, 0) is 22.6 Å². The number of carbonyl (C=O) groups is 1. The van der Waals surface area contributed by atoms with Crippen LogP contribution in [-0.4, -0.2) is 23.8 Å². The molecule has 0 heterocycles. The minimum Gasteiger partial charge on any atom is -0.489 e. The number of hydrogen-bond donors (Lipinski definition) is 1. The van der Waals surface area contributed by atoms with E-state index in [0.29, 0.717) is 24.4 Å². The Labute approximate surface area is 210 Å². The van der Waals surface area contributed by atoms with Crippen molar-refractivity contribution in [2.24, 2.45) is 22.7 Å². The summed E-state index contributed by atoms with van der Waals surface area (Å²) in [6, 6.07) is 17.1. The van der Waals surface area contributed by atoms with Crippen molar-refractivity contribution in [1.29, 1.82) is 0 Å². The Bertz CT molecular complexity index is 1050. The second-order valence-electron chi connectivity index (χ2n) is 11.8. The Morgan fingerprint density at radius 3 is 2.66 bits per heavy atom. The average molecular weight is 477 g/mol. The molecule has 2 aromatic carbocycles. The van der Waals surface area contributed by atoms with Crippen molar-refractivity contribution >= 4 is 5.97 Å². The highest BCUT2D eigenvalue weighted by atomic mass is 16.5. The first kappa shape index (κ1) is 24.4. The minimum atomic E-state index is -0.175. The molecule has 3 aliphatic carbocycles. The predicted octanol–water partition coefficient (Wildman–Crippen LogP) is 6.44. The standard InChI is InChI=1S/C31H40O4/c1-21(33)35-29-30(2,15-7-17-32)19-28-27-12-10-23-18-24(34-20-22-8-5-4-6-9-22)11-13-25(23)26(27)14-16-31(28,29)3/h4-6,8-9,11,13,18,26-29,32H,7,10,12,14-17,19-20H2,1-3H3/t26?,27?,28?,29?,30-,31?/m0/s1. The van der Waals surface area contributed by atoms with E-state index in [1.165, 1.54) is 23.1 Å². The van der Waals surface area contributed by atoms with Crippen LogP contribution in [0.2, 0.25) is 0 Å². The van der Waals surface area contributed by atoms with Crippen LogP contribution in [0.15, 0.2) is 48.5 Å². The molecule has 1 N–H and O–H groups in total. The minimum absolute atomic E-state index is 0.00722. The van der Waals surface area contributed by atoms with Gasteiger partial charge >= 0.3 is 5.97 Å². The van der Waals surface area contributed by atoms with Gasteiger partial charge in [0.25, 0.3) is 0 Å². The Balaban J connectivity index is 1.36. The quantitative estimate of drug-likeness (QED) is 0.467. The molecule has 35 heavy (non-hydrogen) atoms. The second-order valence-corrected chi connectivity index (χ2v) is 11.8. The van der Waals surface area contributed by atoms with Crippen LogP contribution in [0.3, 0.4) is 0 Å². The van der Waals surface area contributed by atoms with E-state index in [9.17, 15) is 9.90 Å². The van der Waals surface area contributed by atoms with Crippen LogP contribution in [0.1, 0.15) is 81.9 Å². The number of ether oxygens (including phenoxy) is 2. The highest BCUT2D eigenvalue weighted by molar-refractivity contribution is 5.66. The van der Waals surface area contributed by atoms with Crippen LogP contribution < -0.4 is 4.74 Å². The molecule has 4 nitrogen and oxygen atoms in total. The van der Waals surface area contributed by atoms with E-state index in [1.54, 1.807) is 6.92 Å². The van der Waals surface area contributed by atoms with Gasteiger partial charge in [0.2, 0.25) is 0 Å². The largest absolute Gasteiger partial charge is 0.489 e. The number of aliphatic hydroxyl groups excluding tert-OH is 1.